The number of hydrogen-bond donors (Lipinski definition) is 1. The summed E-state index contributed by atoms with van der Waals surface area (Å²) in [4.78, 5) is 19.4. The lowest BCUT2D eigenvalue weighted by Gasteiger charge is -2.06. The SMILES string of the molecule is COC(=O)c1ccc(Nc2ccc(C)nc2)cn1. The highest BCUT2D eigenvalue weighted by atomic mass is 16.5. The number of methoxy groups -OCH3 is 1. The van der Waals surface area contributed by atoms with Crippen LogP contribution in [0.3, 0.4) is 0 Å². The largest absolute Gasteiger partial charge is 0.464 e. The Morgan fingerprint density at radius 2 is 1.78 bits per heavy atom. The summed E-state index contributed by atoms with van der Waals surface area (Å²) in [6, 6.07) is 7.21. The first-order valence-electron chi connectivity index (χ1n) is 5.43. The van der Waals surface area contributed by atoms with Crippen molar-refractivity contribution in [2.75, 3.05) is 12.4 Å². The predicted molar refractivity (Wildman–Crippen MR) is 67.8 cm³/mol. The summed E-state index contributed by atoms with van der Waals surface area (Å²) < 4.78 is 4.58. The molecule has 0 aliphatic rings. The predicted octanol–water partition coefficient (Wildman–Crippen LogP) is 2.32. The number of anilines is 2. The normalized spacial score (nSPS) is 9.89. The molecule has 0 fully saturated rings. The van der Waals surface area contributed by atoms with Crippen molar-refractivity contribution in [2.24, 2.45) is 0 Å². The van der Waals surface area contributed by atoms with Gasteiger partial charge in [0.25, 0.3) is 0 Å². The number of carbonyl (C=O) groups excluding carboxylic acids is 1. The molecule has 0 atom stereocenters. The highest BCUT2D eigenvalue weighted by Gasteiger charge is 2.06. The molecule has 2 aromatic heterocycles. The lowest BCUT2D eigenvalue weighted by atomic mass is 10.3. The van der Waals surface area contributed by atoms with Crippen LogP contribution in [-0.2, 0) is 4.74 Å². The lowest BCUT2D eigenvalue weighted by Crippen LogP contribution is -2.04. The standard InChI is InChI=1S/C13H13N3O2/c1-9-3-4-10(7-14-9)16-11-5-6-12(15-8-11)13(17)18-2/h3-8,16H,1-2H3. The number of pyridine rings is 2. The number of esters is 1. The third kappa shape index (κ3) is 2.82. The van der Waals surface area contributed by atoms with Crippen LogP contribution in [0.15, 0.2) is 36.7 Å². The average Bonchev–Trinajstić information content (AvgIpc) is 2.41. The molecular formula is C13H13N3O2. The molecule has 5 nitrogen and oxygen atoms in total. The van der Waals surface area contributed by atoms with E-state index in [1.165, 1.54) is 7.11 Å². The number of nitrogens with zero attached hydrogens (tertiary/aromatic N) is 2. The molecule has 2 aromatic rings. The van der Waals surface area contributed by atoms with Gasteiger partial charge in [0.15, 0.2) is 0 Å². The van der Waals surface area contributed by atoms with E-state index in [1.54, 1.807) is 24.5 Å². The number of aryl methyl sites for hydroxylation is 1. The molecule has 92 valence electrons. The van der Waals surface area contributed by atoms with Crippen molar-refractivity contribution >= 4 is 17.3 Å². The van der Waals surface area contributed by atoms with Gasteiger partial charge in [0.2, 0.25) is 0 Å². The summed E-state index contributed by atoms with van der Waals surface area (Å²) in [5.74, 6) is -0.446. The molecule has 2 rings (SSSR count). The first kappa shape index (κ1) is 12.0. The van der Waals surface area contributed by atoms with Gasteiger partial charge in [0.05, 0.1) is 30.9 Å². The smallest absolute Gasteiger partial charge is 0.356 e. The van der Waals surface area contributed by atoms with Crippen LogP contribution in [0, 0.1) is 6.92 Å². The second kappa shape index (κ2) is 5.27. The van der Waals surface area contributed by atoms with Crippen LogP contribution in [-0.4, -0.2) is 23.0 Å². The van der Waals surface area contributed by atoms with Crippen molar-refractivity contribution < 1.29 is 9.53 Å². The van der Waals surface area contributed by atoms with Gasteiger partial charge in [-0.1, -0.05) is 0 Å². The number of hydrogen-bond acceptors (Lipinski definition) is 5. The van der Waals surface area contributed by atoms with Crippen molar-refractivity contribution in [3.05, 3.63) is 48.0 Å². The Kier molecular flexibility index (Phi) is 3.52. The zero-order chi connectivity index (χ0) is 13.0. The fourth-order valence-corrected chi connectivity index (χ4v) is 1.40. The van der Waals surface area contributed by atoms with E-state index in [0.29, 0.717) is 0 Å². The molecule has 0 unspecified atom stereocenters. The first-order valence-corrected chi connectivity index (χ1v) is 5.43. The Bertz CT molecular complexity index is 535. The molecule has 1 N–H and O–H groups in total. The minimum atomic E-state index is -0.446. The Morgan fingerprint density at radius 1 is 1.11 bits per heavy atom. The van der Waals surface area contributed by atoms with Crippen molar-refractivity contribution in [3.8, 4) is 0 Å². The zero-order valence-corrected chi connectivity index (χ0v) is 10.2. The van der Waals surface area contributed by atoms with Crippen LogP contribution in [0.5, 0.6) is 0 Å². The minimum absolute atomic E-state index is 0.282. The van der Waals surface area contributed by atoms with Gasteiger partial charge in [0.1, 0.15) is 5.69 Å². The van der Waals surface area contributed by atoms with Crippen LogP contribution >= 0.6 is 0 Å². The van der Waals surface area contributed by atoms with Gasteiger partial charge in [-0.2, -0.15) is 0 Å². The maximum atomic E-state index is 11.2. The van der Waals surface area contributed by atoms with Crippen molar-refractivity contribution in [2.45, 2.75) is 6.92 Å². The molecule has 5 heteroatoms. The minimum Gasteiger partial charge on any atom is -0.464 e. The molecule has 0 saturated heterocycles. The molecule has 18 heavy (non-hydrogen) atoms. The van der Waals surface area contributed by atoms with E-state index in [-0.39, 0.29) is 5.69 Å². The fourth-order valence-electron chi connectivity index (χ4n) is 1.40. The second-order valence-corrected chi connectivity index (χ2v) is 3.74. The van der Waals surface area contributed by atoms with Crippen LogP contribution in [0.25, 0.3) is 0 Å². The molecule has 0 saturated carbocycles. The molecule has 0 spiro atoms. The van der Waals surface area contributed by atoms with E-state index in [9.17, 15) is 4.79 Å². The highest BCUT2D eigenvalue weighted by molar-refractivity contribution is 5.87. The van der Waals surface area contributed by atoms with Gasteiger partial charge < -0.3 is 10.1 Å². The maximum absolute atomic E-state index is 11.2. The van der Waals surface area contributed by atoms with E-state index in [4.69, 9.17) is 0 Å². The topological polar surface area (TPSA) is 64.1 Å². The van der Waals surface area contributed by atoms with Crippen LogP contribution in [0.2, 0.25) is 0 Å². The number of carbonyl (C=O) groups is 1. The molecule has 0 aromatic carbocycles. The van der Waals surface area contributed by atoms with E-state index in [1.807, 2.05) is 19.1 Å². The molecular weight excluding hydrogens is 230 g/mol. The van der Waals surface area contributed by atoms with Crippen molar-refractivity contribution in [1.82, 2.24) is 9.97 Å². The highest BCUT2D eigenvalue weighted by Crippen LogP contribution is 2.15. The summed E-state index contributed by atoms with van der Waals surface area (Å²) in [6.07, 6.45) is 3.32. The Morgan fingerprint density at radius 3 is 2.28 bits per heavy atom. The zero-order valence-electron chi connectivity index (χ0n) is 10.2. The summed E-state index contributed by atoms with van der Waals surface area (Å²) in [5, 5.41) is 3.14. The Hall–Kier alpha value is -2.43. The first-order chi connectivity index (χ1) is 8.69. The molecule has 0 aliphatic heterocycles. The van der Waals surface area contributed by atoms with E-state index in [2.05, 4.69) is 20.0 Å². The average molecular weight is 243 g/mol. The third-order valence-electron chi connectivity index (χ3n) is 2.36. The quantitative estimate of drug-likeness (QED) is 0.838. The number of aromatic nitrogens is 2. The van der Waals surface area contributed by atoms with Crippen LogP contribution in [0.1, 0.15) is 16.2 Å². The van der Waals surface area contributed by atoms with Gasteiger partial charge in [-0.15, -0.1) is 0 Å². The summed E-state index contributed by atoms with van der Waals surface area (Å²) >= 11 is 0. The van der Waals surface area contributed by atoms with Gasteiger partial charge in [-0.05, 0) is 31.2 Å². The number of rotatable bonds is 3. The monoisotopic (exact) mass is 243 g/mol. The summed E-state index contributed by atoms with van der Waals surface area (Å²) in [7, 11) is 1.33. The molecule has 0 radical (unpaired) electrons. The third-order valence-corrected chi connectivity index (χ3v) is 2.36. The Labute approximate surface area is 105 Å². The van der Waals surface area contributed by atoms with Gasteiger partial charge in [-0.3, -0.25) is 4.98 Å². The summed E-state index contributed by atoms with van der Waals surface area (Å²) in [5.41, 5.74) is 2.89. The molecule has 0 bridgehead atoms. The maximum Gasteiger partial charge on any atom is 0.356 e. The second-order valence-electron chi connectivity index (χ2n) is 3.74. The number of ether oxygens (including phenoxy) is 1. The molecule has 0 amide bonds. The van der Waals surface area contributed by atoms with Crippen LogP contribution < -0.4 is 5.32 Å². The van der Waals surface area contributed by atoms with Crippen LogP contribution in [0.4, 0.5) is 11.4 Å². The number of nitrogens with one attached hydrogen (secondary N) is 1. The van der Waals surface area contributed by atoms with Crippen molar-refractivity contribution in [3.63, 3.8) is 0 Å². The lowest BCUT2D eigenvalue weighted by molar-refractivity contribution is 0.0594. The van der Waals surface area contributed by atoms with Gasteiger partial charge in [-0.25, -0.2) is 9.78 Å². The Balaban J connectivity index is 2.10. The van der Waals surface area contributed by atoms with Gasteiger partial charge in [0, 0.05) is 5.69 Å². The fraction of sp³-hybridized carbons (Fsp3) is 0.154. The molecule has 2 heterocycles. The van der Waals surface area contributed by atoms with E-state index in [0.717, 1.165) is 17.1 Å². The van der Waals surface area contributed by atoms with Crippen molar-refractivity contribution in [1.29, 1.82) is 0 Å². The molecule has 0 aliphatic carbocycles. The summed E-state index contributed by atoms with van der Waals surface area (Å²) in [6.45, 7) is 1.93. The van der Waals surface area contributed by atoms with E-state index >= 15 is 0 Å². The van der Waals surface area contributed by atoms with Gasteiger partial charge >= 0.3 is 5.97 Å². The van der Waals surface area contributed by atoms with E-state index < -0.39 is 5.97 Å².